The molecule has 2 aromatic carbocycles. The van der Waals surface area contributed by atoms with Crippen molar-refractivity contribution in [2.24, 2.45) is 14.1 Å². The monoisotopic (exact) mass is 788 g/mol. The molecule has 5 aromatic heterocycles. The molecule has 14 heteroatoms. The van der Waals surface area contributed by atoms with Crippen LogP contribution in [0.15, 0.2) is 88.3 Å². The summed E-state index contributed by atoms with van der Waals surface area (Å²) in [5.41, 5.74) is 5.24. The Kier molecular flexibility index (Phi) is 9.32. The van der Waals surface area contributed by atoms with E-state index in [1.807, 2.05) is 55.6 Å². The molecule has 0 aliphatic carbocycles. The molecular weight excluding hydrogens is 749 g/mol. The van der Waals surface area contributed by atoms with Gasteiger partial charge >= 0.3 is 5.69 Å². The number of benzene rings is 2. The van der Waals surface area contributed by atoms with Crippen molar-refractivity contribution in [3.63, 3.8) is 0 Å². The molecule has 9 rings (SSSR count). The average Bonchev–Trinajstić information content (AvgIpc) is 3.76. The van der Waals surface area contributed by atoms with E-state index >= 15 is 0 Å². The molecule has 2 saturated heterocycles. The third kappa shape index (κ3) is 6.99. The van der Waals surface area contributed by atoms with Gasteiger partial charge in [-0.3, -0.25) is 38.8 Å². The van der Waals surface area contributed by atoms with E-state index in [0.717, 1.165) is 43.9 Å². The lowest BCUT2D eigenvalue weighted by molar-refractivity contribution is -0.134. The SMILES string of the molecule is Cn1c(=O)n(C)c2c(N3CCC(C)(O)CC3)nc(-c3cccc4cc(-c5ccc(C(=O)NCC#Cc6cc7c(C8CCC(=O)NC8=O)cccc7o6)nc5)ncc34)cc21. The van der Waals surface area contributed by atoms with Crippen molar-refractivity contribution in [1.82, 2.24) is 34.7 Å². The number of amides is 3. The molecular formula is C45H40N8O6. The summed E-state index contributed by atoms with van der Waals surface area (Å²) < 4.78 is 9.16. The molecule has 0 spiro atoms. The third-order valence-electron chi connectivity index (χ3n) is 11.5. The number of imidazole rings is 1. The molecule has 3 amide bonds. The van der Waals surface area contributed by atoms with E-state index in [-0.39, 0.29) is 42.1 Å². The van der Waals surface area contributed by atoms with Crippen LogP contribution >= 0.6 is 0 Å². The summed E-state index contributed by atoms with van der Waals surface area (Å²) in [5, 5.41) is 18.4. The van der Waals surface area contributed by atoms with Crippen molar-refractivity contribution in [1.29, 1.82) is 0 Å². The van der Waals surface area contributed by atoms with E-state index in [1.54, 1.807) is 53.7 Å². The maximum Gasteiger partial charge on any atom is 0.328 e. The smallest absolute Gasteiger partial charge is 0.328 e. The second-order valence-corrected chi connectivity index (χ2v) is 15.5. The highest BCUT2D eigenvalue weighted by Gasteiger charge is 2.31. The van der Waals surface area contributed by atoms with Crippen molar-refractivity contribution in [3.8, 4) is 34.4 Å². The minimum Gasteiger partial charge on any atom is -0.448 e. The van der Waals surface area contributed by atoms with E-state index < -0.39 is 11.5 Å². The van der Waals surface area contributed by atoms with Crippen molar-refractivity contribution >= 4 is 56.3 Å². The number of anilines is 1. The van der Waals surface area contributed by atoms with Crippen molar-refractivity contribution in [2.45, 2.75) is 44.1 Å². The largest absolute Gasteiger partial charge is 0.448 e. The molecule has 3 N–H and O–H groups in total. The van der Waals surface area contributed by atoms with Gasteiger partial charge in [0.25, 0.3) is 5.91 Å². The Morgan fingerprint density at radius 1 is 0.966 bits per heavy atom. The number of furan rings is 1. The van der Waals surface area contributed by atoms with Crippen LogP contribution in [-0.4, -0.2) is 72.1 Å². The average molecular weight is 789 g/mol. The van der Waals surface area contributed by atoms with Crippen LogP contribution in [0.1, 0.15) is 60.3 Å². The minimum absolute atomic E-state index is 0.0534. The van der Waals surface area contributed by atoms with Gasteiger partial charge in [0.15, 0.2) is 11.6 Å². The molecule has 2 fully saturated rings. The Balaban J connectivity index is 0.910. The molecule has 7 heterocycles. The molecule has 2 aliphatic heterocycles. The first-order chi connectivity index (χ1) is 28.4. The molecule has 0 radical (unpaired) electrons. The number of hydrogen-bond acceptors (Lipinski definition) is 10. The number of aliphatic hydroxyl groups is 1. The number of nitrogens with zero attached hydrogens (tertiary/aromatic N) is 6. The first-order valence-electron chi connectivity index (χ1n) is 19.5. The zero-order valence-electron chi connectivity index (χ0n) is 32.7. The lowest BCUT2D eigenvalue weighted by Gasteiger charge is -2.36. The number of fused-ring (bicyclic) bond motifs is 3. The number of pyridine rings is 3. The van der Waals surface area contributed by atoms with Crippen LogP contribution in [0.3, 0.4) is 0 Å². The second-order valence-electron chi connectivity index (χ2n) is 15.5. The molecule has 296 valence electrons. The summed E-state index contributed by atoms with van der Waals surface area (Å²) in [5.74, 6) is 5.54. The fourth-order valence-electron chi connectivity index (χ4n) is 8.09. The Bertz CT molecular complexity index is 2980. The first-order valence-corrected chi connectivity index (χ1v) is 19.5. The predicted molar refractivity (Wildman–Crippen MR) is 223 cm³/mol. The Morgan fingerprint density at radius 2 is 1.78 bits per heavy atom. The molecule has 1 atom stereocenters. The third-order valence-corrected chi connectivity index (χ3v) is 11.5. The van der Waals surface area contributed by atoms with Gasteiger partial charge in [0.05, 0.1) is 35.0 Å². The fraction of sp³-hybridized carbons (Fsp3) is 0.267. The van der Waals surface area contributed by atoms with Gasteiger partial charge in [-0.25, -0.2) is 9.78 Å². The standard InChI is InChI=1S/C45H40N8O6/c1-45(58)16-19-53(20-17-45)41-40-37(51(2)44(57)52(40)3)23-36(49-41)30-10-4-7-26-21-35(48-25-33(26)30)27-12-14-34(47-24-27)43(56)46-18-6-8-28-22-32-29(9-5-11-38(32)59-28)31-13-15-39(54)50-42(31)55/h4-5,7,9-12,14,21-25,31,58H,13,15-20H2,1-3H3,(H,46,56)(H,50,54,55). The number of piperidine rings is 2. The number of imide groups is 1. The first kappa shape index (κ1) is 37.5. The van der Waals surface area contributed by atoms with Crippen LogP contribution in [0.4, 0.5) is 5.82 Å². The van der Waals surface area contributed by atoms with Crippen LogP contribution in [0.5, 0.6) is 0 Å². The van der Waals surface area contributed by atoms with E-state index in [4.69, 9.17) is 14.4 Å². The van der Waals surface area contributed by atoms with Crippen molar-refractivity contribution < 1.29 is 23.9 Å². The summed E-state index contributed by atoms with van der Waals surface area (Å²) in [4.78, 5) is 66.7. The summed E-state index contributed by atoms with van der Waals surface area (Å²) in [6.45, 7) is 3.14. The maximum atomic E-state index is 13.1. The van der Waals surface area contributed by atoms with E-state index in [9.17, 15) is 24.3 Å². The molecule has 14 nitrogen and oxygen atoms in total. The lowest BCUT2D eigenvalue weighted by Crippen LogP contribution is -2.43. The van der Waals surface area contributed by atoms with Gasteiger partial charge in [-0.1, -0.05) is 36.3 Å². The van der Waals surface area contributed by atoms with Gasteiger partial charge in [0, 0.05) is 74.0 Å². The van der Waals surface area contributed by atoms with Crippen LogP contribution in [-0.2, 0) is 23.7 Å². The Morgan fingerprint density at radius 3 is 2.56 bits per heavy atom. The van der Waals surface area contributed by atoms with Crippen LogP contribution in [0.25, 0.3) is 55.3 Å². The van der Waals surface area contributed by atoms with Crippen molar-refractivity contribution in [2.75, 3.05) is 24.5 Å². The highest BCUT2D eigenvalue weighted by atomic mass is 16.3. The zero-order chi connectivity index (χ0) is 41.0. The maximum absolute atomic E-state index is 13.1. The highest BCUT2D eigenvalue weighted by molar-refractivity contribution is 6.03. The van der Waals surface area contributed by atoms with Crippen LogP contribution in [0, 0.1) is 11.8 Å². The number of aryl methyl sites for hydroxylation is 2. The molecule has 0 saturated carbocycles. The number of rotatable bonds is 6. The van der Waals surface area contributed by atoms with Gasteiger partial charge in [-0.15, -0.1) is 0 Å². The minimum atomic E-state index is -0.735. The van der Waals surface area contributed by atoms with Gasteiger partial charge in [-0.2, -0.15) is 0 Å². The number of carbonyl (C=O) groups excluding carboxylic acids is 3. The number of aromatic nitrogens is 5. The fourth-order valence-corrected chi connectivity index (χ4v) is 8.09. The van der Waals surface area contributed by atoms with Gasteiger partial charge in [0.1, 0.15) is 16.8 Å². The topological polar surface area (TPSA) is 177 Å². The van der Waals surface area contributed by atoms with E-state index in [2.05, 4.69) is 32.4 Å². The molecule has 7 aromatic rings. The quantitative estimate of drug-likeness (QED) is 0.154. The van der Waals surface area contributed by atoms with Gasteiger partial charge in [-0.05, 0) is 73.4 Å². The highest BCUT2D eigenvalue weighted by Crippen LogP contribution is 2.36. The van der Waals surface area contributed by atoms with E-state index in [0.29, 0.717) is 60.9 Å². The summed E-state index contributed by atoms with van der Waals surface area (Å²) in [7, 11) is 3.53. The second kappa shape index (κ2) is 14.7. The Labute approximate surface area is 337 Å². The summed E-state index contributed by atoms with van der Waals surface area (Å²) >= 11 is 0. The molecule has 0 bridgehead atoms. The van der Waals surface area contributed by atoms with E-state index in [1.165, 1.54) is 0 Å². The van der Waals surface area contributed by atoms with Crippen LogP contribution < -0.4 is 21.2 Å². The summed E-state index contributed by atoms with van der Waals surface area (Å²) in [6.07, 6.45) is 5.33. The Hall–Kier alpha value is -7.11. The lowest BCUT2D eigenvalue weighted by atomic mass is 9.88. The van der Waals surface area contributed by atoms with Gasteiger partial charge < -0.3 is 19.7 Å². The number of hydrogen-bond donors (Lipinski definition) is 3. The van der Waals surface area contributed by atoms with Crippen LogP contribution in [0.2, 0.25) is 0 Å². The number of nitrogens with one attached hydrogen (secondary N) is 2. The normalized spacial score (nSPS) is 16.6. The summed E-state index contributed by atoms with van der Waals surface area (Å²) in [6, 6.07) is 20.6. The molecule has 59 heavy (non-hydrogen) atoms. The molecule has 1 unspecified atom stereocenters. The van der Waals surface area contributed by atoms with Crippen molar-refractivity contribution in [3.05, 3.63) is 107 Å². The van der Waals surface area contributed by atoms with Gasteiger partial charge in [0.2, 0.25) is 11.8 Å². The molecule has 2 aliphatic rings. The number of carbonyl (C=O) groups is 3. The predicted octanol–water partition coefficient (Wildman–Crippen LogP) is 4.95. The zero-order valence-corrected chi connectivity index (χ0v) is 32.7.